The monoisotopic (exact) mass is 277 g/mol. The predicted octanol–water partition coefficient (Wildman–Crippen LogP) is 1.88. The van der Waals surface area contributed by atoms with E-state index in [-0.39, 0.29) is 24.7 Å². The van der Waals surface area contributed by atoms with E-state index in [0.29, 0.717) is 5.56 Å². The van der Waals surface area contributed by atoms with Crippen molar-refractivity contribution in [2.24, 2.45) is 0 Å². The highest BCUT2D eigenvalue weighted by atomic mass is 16.6. The molecule has 1 aromatic heterocycles. The van der Waals surface area contributed by atoms with Gasteiger partial charge in [0.25, 0.3) is 0 Å². The first kappa shape index (κ1) is 14.0. The van der Waals surface area contributed by atoms with Crippen molar-refractivity contribution in [1.82, 2.24) is 9.55 Å². The van der Waals surface area contributed by atoms with Crippen molar-refractivity contribution in [3.8, 4) is 5.75 Å². The van der Waals surface area contributed by atoms with Crippen LogP contribution in [0.1, 0.15) is 18.2 Å². The van der Waals surface area contributed by atoms with Gasteiger partial charge in [0.1, 0.15) is 6.61 Å². The van der Waals surface area contributed by atoms with Crippen molar-refractivity contribution in [3.05, 3.63) is 52.1 Å². The van der Waals surface area contributed by atoms with E-state index in [0.717, 1.165) is 12.2 Å². The second kappa shape index (κ2) is 6.16. The molecule has 0 atom stereocenters. The number of benzene rings is 1. The third-order valence-electron chi connectivity index (χ3n) is 2.92. The Morgan fingerprint density at radius 1 is 1.50 bits per heavy atom. The molecule has 2 aromatic rings. The Bertz CT molecular complexity index is 609. The lowest BCUT2D eigenvalue weighted by Gasteiger charge is -2.09. The highest BCUT2D eigenvalue weighted by molar-refractivity contribution is 5.48. The summed E-state index contributed by atoms with van der Waals surface area (Å²) in [5, 5.41) is 20.0. The van der Waals surface area contributed by atoms with E-state index in [1.165, 1.54) is 18.2 Å². The van der Waals surface area contributed by atoms with Crippen LogP contribution in [-0.2, 0) is 19.8 Å². The zero-order valence-electron chi connectivity index (χ0n) is 11.0. The Kier molecular flexibility index (Phi) is 4.31. The number of aliphatic hydroxyl groups excluding tert-OH is 1. The van der Waals surface area contributed by atoms with E-state index in [9.17, 15) is 10.1 Å². The van der Waals surface area contributed by atoms with Gasteiger partial charge in [0, 0.05) is 12.6 Å². The Balaban J connectivity index is 2.21. The fourth-order valence-electron chi connectivity index (χ4n) is 1.83. The molecule has 0 unspecified atom stereocenters. The summed E-state index contributed by atoms with van der Waals surface area (Å²) in [4.78, 5) is 14.5. The van der Waals surface area contributed by atoms with Gasteiger partial charge < -0.3 is 14.4 Å². The molecule has 1 N–H and O–H groups in total. The summed E-state index contributed by atoms with van der Waals surface area (Å²) in [7, 11) is 0. The molecule has 1 aromatic carbocycles. The number of imidazole rings is 1. The molecule has 0 spiro atoms. The van der Waals surface area contributed by atoms with E-state index in [1.807, 2.05) is 11.5 Å². The lowest BCUT2D eigenvalue weighted by Crippen LogP contribution is -2.05. The normalized spacial score (nSPS) is 10.5. The standard InChI is InChI=1S/C13H15N3O4/c1-2-15-9-14-6-11(15)8-20-13-5-10(7-17)3-4-12(13)16(18)19/h3-6,9,17H,2,7-8H2,1H3. The minimum atomic E-state index is -0.506. The largest absolute Gasteiger partial charge is 0.480 e. The molecule has 0 aliphatic rings. The molecule has 0 saturated carbocycles. The Morgan fingerprint density at radius 3 is 2.95 bits per heavy atom. The smallest absolute Gasteiger partial charge is 0.310 e. The fourth-order valence-corrected chi connectivity index (χ4v) is 1.83. The number of nitro benzene ring substituents is 1. The van der Waals surface area contributed by atoms with Gasteiger partial charge in [0.2, 0.25) is 0 Å². The van der Waals surface area contributed by atoms with Crippen LogP contribution >= 0.6 is 0 Å². The summed E-state index contributed by atoms with van der Waals surface area (Å²) in [6.45, 7) is 2.71. The second-order valence-electron chi connectivity index (χ2n) is 4.18. The molecule has 7 heteroatoms. The quantitative estimate of drug-likeness (QED) is 0.643. The topological polar surface area (TPSA) is 90.4 Å². The summed E-state index contributed by atoms with van der Waals surface area (Å²) in [6, 6.07) is 4.31. The van der Waals surface area contributed by atoms with E-state index >= 15 is 0 Å². The molecule has 0 saturated heterocycles. The first-order valence-corrected chi connectivity index (χ1v) is 6.15. The molecule has 0 radical (unpaired) electrons. The first-order chi connectivity index (χ1) is 9.65. The highest BCUT2D eigenvalue weighted by Gasteiger charge is 2.16. The minimum absolute atomic E-state index is 0.121. The van der Waals surface area contributed by atoms with E-state index in [1.54, 1.807) is 12.5 Å². The lowest BCUT2D eigenvalue weighted by molar-refractivity contribution is -0.386. The molecule has 1 heterocycles. The molecule has 2 rings (SSSR count). The van der Waals surface area contributed by atoms with Gasteiger partial charge in [-0.1, -0.05) is 0 Å². The number of aryl methyl sites for hydroxylation is 1. The summed E-state index contributed by atoms with van der Waals surface area (Å²) in [5.74, 6) is 0.144. The number of aromatic nitrogens is 2. The molecule has 7 nitrogen and oxygen atoms in total. The molecule has 20 heavy (non-hydrogen) atoms. The number of ether oxygens (including phenoxy) is 1. The zero-order valence-corrected chi connectivity index (χ0v) is 11.0. The first-order valence-electron chi connectivity index (χ1n) is 6.15. The van der Waals surface area contributed by atoms with Gasteiger partial charge in [-0.05, 0) is 24.6 Å². The number of aliphatic hydroxyl groups is 1. The molecular formula is C13H15N3O4. The molecule has 0 amide bonds. The number of hydrogen-bond acceptors (Lipinski definition) is 5. The van der Waals surface area contributed by atoms with Crippen LogP contribution in [0.2, 0.25) is 0 Å². The Labute approximate surface area is 115 Å². The van der Waals surface area contributed by atoms with Crippen LogP contribution in [0.15, 0.2) is 30.7 Å². The Hall–Kier alpha value is -2.41. The van der Waals surface area contributed by atoms with Crippen LogP contribution in [0.4, 0.5) is 5.69 Å². The van der Waals surface area contributed by atoms with Crippen molar-refractivity contribution < 1.29 is 14.8 Å². The predicted molar refractivity (Wildman–Crippen MR) is 71.3 cm³/mol. The van der Waals surface area contributed by atoms with Crippen molar-refractivity contribution >= 4 is 5.69 Å². The van der Waals surface area contributed by atoms with Gasteiger partial charge in [-0.3, -0.25) is 10.1 Å². The number of nitro groups is 1. The number of hydrogen-bond donors (Lipinski definition) is 1. The molecule has 0 bridgehead atoms. The van der Waals surface area contributed by atoms with Gasteiger partial charge in [0.15, 0.2) is 5.75 Å². The van der Waals surface area contributed by atoms with Crippen LogP contribution in [0.5, 0.6) is 5.75 Å². The van der Waals surface area contributed by atoms with Crippen molar-refractivity contribution in [2.45, 2.75) is 26.7 Å². The number of rotatable bonds is 6. The van der Waals surface area contributed by atoms with Gasteiger partial charge in [-0.15, -0.1) is 0 Å². The SMILES string of the molecule is CCn1cncc1COc1cc(CO)ccc1[N+](=O)[O-]. The molecule has 106 valence electrons. The van der Waals surface area contributed by atoms with Gasteiger partial charge in [-0.2, -0.15) is 0 Å². The summed E-state index contributed by atoms with van der Waals surface area (Å²) < 4.78 is 7.40. The average molecular weight is 277 g/mol. The second-order valence-corrected chi connectivity index (χ2v) is 4.18. The third kappa shape index (κ3) is 2.94. The lowest BCUT2D eigenvalue weighted by atomic mass is 10.2. The minimum Gasteiger partial charge on any atom is -0.480 e. The third-order valence-corrected chi connectivity index (χ3v) is 2.92. The molecule has 0 aliphatic carbocycles. The molecule has 0 fully saturated rings. The van der Waals surface area contributed by atoms with Crippen molar-refractivity contribution in [2.75, 3.05) is 0 Å². The van der Waals surface area contributed by atoms with Crippen molar-refractivity contribution in [1.29, 1.82) is 0 Å². The van der Waals surface area contributed by atoms with Crippen LogP contribution in [-0.4, -0.2) is 19.6 Å². The molecule has 0 aliphatic heterocycles. The van der Waals surface area contributed by atoms with E-state index in [2.05, 4.69) is 4.98 Å². The average Bonchev–Trinajstić information content (AvgIpc) is 2.91. The fraction of sp³-hybridized carbons (Fsp3) is 0.308. The highest BCUT2D eigenvalue weighted by Crippen LogP contribution is 2.28. The van der Waals surface area contributed by atoms with Gasteiger partial charge in [0.05, 0.1) is 29.7 Å². The van der Waals surface area contributed by atoms with Crippen LogP contribution in [0.3, 0.4) is 0 Å². The van der Waals surface area contributed by atoms with E-state index in [4.69, 9.17) is 9.84 Å². The van der Waals surface area contributed by atoms with Crippen LogP contribution in [0, 0.1) is 10.1 Å². The van der Waals surface area contributed by atoms with E-state index < -0.39 is 4.92 Å². The van der Waals surface area contributed by atoms with Crippen LogP contribution < -0.4 is 4.74 Å². The Morgan fingerprint density at radius 2 is 2.30 bits per heavy atom. The number of nitrogens with zero attached hydrogens (tertiary/aromatic N) is 3. The maximum Gasteiger partial charge on any atom is 0.310 e. The molecular weight excluding hydrogens is 262 g/mol. The summed E-state index contributed by atoms with van der Waals surface area (Å²) in [5.41, 5.74) is 1.27. The van der Waals surface area contributed by atoms with Gasteiger partial charge >= 0.3 is 5.69 Å². The van der Waals surface area contributed by atoms with Crippen molar-refractivity contribution in [3.63, 3.8) is 0 Å². The maximum atomic E-state index is 11.0. The maximum absolute atomic E-state index is 11.0. The van der Waals surface area contributed by atoms with Crippen LogP contribution in [0.25, 0.3) is 0 Å². The zero-order chi connectivity index (χ0) is 14.5. The summed E-state index contributed by atoms with van der Waals surface area (Å²) in [6.07, 6.45) is 3.34. The van der Waals surface area contributed by atoms with Gasteiger partial charge in [-0.25, -0.2) is 4.98 Å². The summed E-state index contributed by atoms with van der Waals surface area (Å²) >= 11 is 0.